The van der Waals surface area contributed by atoms with Crippen molar-refractivity contribution in [1.29, 1.82) is 0 Å². The molecule has 5 nitrogen and oxygen atoms in total. The van der Waals surface area contributed by atoms with Crippen LogP contribution in [-0.4, -0.2) is 42.0 Å². The van der Waals surface area contributed by atoms with Gasteiger partial charge in [-0.3, -0.25) is 4.79 Å². The molecule has 1 aromatic heterocycles. The van der Waals surface area contributed by atoms with E-state index in [1.807, 2.05) is 19.2 Å². The van der Waals surface area contributed by atoms with Crippen LogP contribution < -0.4 is 10.1 Å². The lowest BCUT2D eigenvalue weighted by Gasteiger charge is -2.30. The van der Waals surface area contributed by atoms with Gasteiger partial charge in [-0.25, -0.2) is 9.37 Å². The molecular formula is C21H22FN3O2S. The molecule has 4 rings (SSSR count). The first-order valence-corrected chi connectivity index (χ1v) is 10.1. The minimum Gasteiger partial charge on any atom is -0.496 e. The minimum absolute atomic E-state index is 0.0532. The molecule has 3 aromatic rings. The molecule has 146 valence electrons. The minimum atomic E-state index is -0.261. The highest BCUT2D eigenvalue weighted by atomic mass is 32.1. The van der Waals surface area contributed by atoms with E-state index < -0.39 is 0 Å². The van der Waals surface area contributed by atoms with Crippen LogP contribution in [0.2, 0.25) is 0 Å². The first-order valence-electron chi connectivity index (χ1n) is 9.29. The van der Waals surface area contributed by atoms with Crippen molar-refractivity contribution in [2.45, 2.75) is 31.3 Å². The van der Waals surface area contributed by atoms with E-state index in [1.54, 1.807) is 30.2 Å². The van der Waals surface area contributed by atoms with Gasteiger partial charge in [-0.1, -0.05) is 23.5 Å². The number of fused-ring (bicyclic) bond motifs is 1. The SMILES string of the molecule is COc1ccccc1C(=O)N(C)[C@@H]1CCC[C@@H]1Nc1nc2ccc(F)cc2s1. The zero-order chi connectivity index (χ0) is 19.7. The summed E-state index contributed by atoms with van der Waals surface area (Å²) >= 11 is 1.44. The normalized spacial score (nSPS) is 19.0. The number of likely N-dealkylation sites (N-methyl/N-ethyl adjacent to an activating group) is 1. The van der Waals surface area contributed by atoms with E-state index >= 15 is 0 Å². The van der Waals surface area contributed by atoms with Gasteiger partial charge >= 0.3 is 0 Å². The molecule has 1 fully saturated rings. The number of hydrogen-bond acceptors (Lipinski definition) is 5. The third-order valence-electron chi connectivity index (χ3n) is 5.29. The van der Waals surface area contributed by atoms with Crippen LogP contribution in [0, 0.1) is 5.82 Å². The molecule has 0 radical (unpaired) electrons. The third-order valence-corrected chi connectivity index (χ3v) is 6.24. The zero-order valence-corrected chi connectivity index (χ0v) is 16.6. The number of ether oxygens (including phenoxy) is 1. The van der Waals surface area contributed by atoms with Crippen molar-refractivity contribution in [3.8, 4) is 5.75 Å². The Labute approximate surface area is 167 Å². The van der Waals surface area contributed by atoms with E-state index in [0.717, 1.165) is 34.6 Å². The average Bonchev–Trinajstić information content (AvgIpc) is 3.33. The van der Waals surface area contributed by atoms with Crippen LogP contribution in [0.5, 0.6) is 5.75 Å². The lowest BCUT2D eigenvalue weighted by atomic mass is 10.1. The summed E-state index contributed by atoms with van der Waals surface area (Å²) in [6, 6.07) is 12.1. The van der Waals surface area contributed by atoms with Crippen LogP contribution in [0.25, 0.3) is 10.2 Å². The van der Waals surface area contributed by atoms with Gasteiger partial charge in [0.25, 0.3) is 5.91 Å². The average molecular weight is 399 g/mol. The van der Waals surface area contributed by atoms with E-state index in [4.69, 9.17) is 4.74 Å². The number of para-hydroxylation sites is 1. The van der Waals surface area contributed by atoms with Gasteiger partial charge in [-0.15, -0.1) is 0 Å². The summed E-state index contributed by atoms with van der Waals surface area (Å²) in [4.78, 5) is 19.4. The van der Waals surface area contributed by atoms with Gasteiger partial charge in [0.2, 0.25) is 0 Å². The topological polar surface area (TPSA) is 54.5 Å². The van der Waals surface area contributed by atoms with Crippen LogP contribution in [0.1, 0.15) is 29.6 Å². The van der Waals surface area contributed by atoms with Gasteiger partial charge in [-0.2, -0.15) is 0 Å². The molecule has 7 heteroatoms. The summed E-state index contributed by atoms with van der Waals surface area (Å²) in [5.74, 6) is 0.265. The van der Waals surface area contributed by atoms with Crippen LogP contribution in [0.3, 0.4) is 0 Å². The standard InChI is InChI=1S/C21H22FN3O2S/c1-25(20(26)14-6-3-4-9-18(14)27-2)17-8-5-7-15(17)23-21-24-16-11-10-13(22)12-19(16)28-21/h3-4,6,9-12,15,17H,5,7-8H2,1-2H3,(H,23,24)/t15-,17+/m0/s1. The number of hydrogen-bond donors (Lipinski definition) is 1. The molecule has 0 spiro atoms. The predicted molar refractivity (Wildman–Crippen MR) is 110 cm³/mol. The van der Waals surface area contributed by atoms with Crippen LogP contribution in [0.4, 0.5) is 9.52 Å². The summed E-state index contributed by atoms with van der Waals surface area (Å²) in [5, 5.41) is 4.24. The van der Waals surface area contributed by atoms with E-state index in [-0.39, 0.29) is 23.8 Å². The summed E-state index contributed by atoms with van der Waals surface area (Å²) in [5.41, 5.74) is 1.34. The molecule has 0 saturated heterocycles. The Balaban J connectivity index is 1.53. The van der Waals surface area contributed by atoms with Gasteiger partial charge in [0.1, 0.15) is 11.6 Å². The number of thiazole rings is 1. The van der Waals surface area contributed by atoms with E-state index in [9.17, 15) is 9.18 Å². The Hall–Kier alpha value is -2.67. The van der Waals surface area contributed by atoms with Crippen LogP contribution >= 0.6 is 11.3 Å². The fourth-order valence-electron chi connectivity index (χ4n) is 3.85. The predicted octanol–water partition coefficient (Wildman–Crippen LogP) is 4.55. The maximum Gasteiger partial charge on any atom is 0.257 e. The second-order valence-electron chi connectivity index (χ2n) is 7.00. The molecule has 1 amide bonds. The number of methoxy groups -OCH3 is 1. The molecule has 0 aliphatic heterocycles. The van der Waals surface area contributed by atoms with Gasteiger partial charge < -0.3 is 15.0 Å². The molecule has 28 heavy (non-hydrogen) atoms. The van der Waals surface area contributed by atoms with Crippen molar-refractivity contribution in [1.82, 2.24) is 9.88 Å². The number of amides is 1. The molecule has 0 bridgehead atoms. The number of rotatable bonds is 5. The quantitative estimate of drug-likeness (QED) is 0.684. The highest BCUT2D eigenvalue weighted by Gasteiger charge is 2.34. The Bertz CT molecular complexity index is 1010. The van der Waals surface area contributed by atoms with Crippen molar-refractivity contribution in [2.75, 3.05) is 19.5 Å². The molecular weight excluding hydrogens is 377 g/mol. The van der Waals surface area contributed by atoms with Crippen molar-refractivity contribution in [3.63, 3.8) is 0 Å². The maximum absolute atomic E-state index is 13.4. The number of anilines is 1. The summed E-state index contributed by atoms with van der Waals surface area (Å²) in [7, 11) is 3.41. The molecule has 2 atom stereocenters. The van der Waals surface area contributed by atoms with E-state index in [2.05, 4.69) is 10.3 Å². The summed E-state index contributed by atoms with van der Waals surface area (Å²) in [6.07, 6.45) is 2.92. The maximum atomic E-state index is 13.4. The number of halogens is 1. The second kappa shape index (κ2) is 7.75. The summed E-state index contributed by atoms with van der Waals surface area (Å²) in [6.45, 7) is 0. The number of nitrogens with zero attached hydrogens (tertiary/aromatic N) is 2. The van der Waals surface area contributed by atoms with Gasteiger partial charge in [-0.05, 0) is 49.6 Å². The first kappa shape index (κ1) is 18.7. The Morgan fingerprint density at radius 3 is 2.93 bits per heavy atom. The van der Waals surface area contributed by atoms with Gasteiger partial charge in [0.15, 0.2) is 5.13 Å². The number of nitrogens with one attached hydrogen (secondary N) is 1. The number of carbonyl (C=O) groups excluding carboxylic acids is 1. The molecule has 1 heterocycles. The lowest BCUT2D eigenvalue weighted by molar-refractivity contribution is 0.0724. The van der Waals surface area contributed by atoms with Crippen LogP contribution in [-0.2, 0) is 0 Å². The van der Waals surface area contributed by atoms with Gasteiger partial charge in [0, 0.05) is 13.1 Å². The fraction of sp³-hybridized carbons (Fsp3) is 0.333. The molecule has 1 saturated carbocycles. The van der Waals surface area contributed by atoms with Crippen molar-refractivity contribution < 1.29 is 13.9 Å². The van der Waals surface area contributed by atoms with Crippen molar-refractivity contribution >= 4 is 32.6 Å². The van der Waals surface area contributed by atoms with Gasteiger partial charge in [0.05, 0.1) is 28.9 Å². The molecule has 1 N–H and O–H groups in total. The Kier molecular flexibility index (Phi) is 5.17. The molecule has 1 aliphatic rings. The molecule has 0 unspecified atom stereocenters. The van der Waals surface area contributed by atoms with Crippen LogP contribution in [0.15, 0.2) is 42.5 Å². The van der Waals surface area contributed by atoms with Crippen molar-refractivity contribution in [2.24, 2.45) is 0 Å². The fourth-order valence-corrected chi connectivity index (χ4v) is 4.81. The zero-order valence-electron chi connectivity index (χ0n) is 15.8. The Morgan fingerprint density at radius 2 is 2.11 bits per heavy atom. The first-order chi connectivity index (χ1) is 13.6. The van der Waals surface area contributed by atoms with E-state index in [0.29, 0.717) is 11.3 Å². The third kappa shape index (κ3) is 3.54. The van der Waals surface area contributed by atoms with Crippen molar-refractivity contribution in [3.05, 3.63) is 53.8 Å². The highest BCUT2D eigenvalue weighted by molar-refractivity contribution is 7.22. The number of benzene rings is 2. The highest BCUT2D eigenvalue weighted by Crippen LogP contribution is 2.32. The number of aromatic nitrogens is 1. The lowest BCUT2D eigenvalue weighted by Crippen LogP contribution is -2.44. The monoisotopic (exact) mass is 399 g/mol. The largest absolute Gasteiger partial charge is 0.496 e. The second-order valence-corrected chi connectivity index (χ2v) is 8.03. The smallest absolute Gasteiger partial charge is 0.257 e. The summed E-state index contributed by atoms with van der Waals surface area (Å²) < 4.78 is 19.6. The molecule has 2 aromatic carbocycles. The molecule has 1 aliphatic carbocycles. The van der Waals surface area contributed by atoms with E-state index in [1.165, 1.54) is 23.5 Å². The Morgan fingerprint density at radius 1 is 1.29 bits per heavy atom. The number of carbonyl (C=O) groups is 1.